The maximum Gasteiger partial charge on any atom is 0.408 e. The molecule has 0 saturated heterocycles. The van der Waals surface area contributed by atoms with Crippen LogP contribution in [0.3, 0.4) is 0 Å². The Morgan fingerprint density at radius 1 is 1.20 bits per heavy atom. The van der Waals surface area contributed by atoms with E-state index < -0.39 is 36.1 Å². The van der Waals surface area contributed by atoms with Crippen LogP contribution in [-0.2, 0) is 19.0 Å². The number of nitrogens with one attached hydrogen (secondary N) is 1. The second-order valence-electron chi connectivity index (χ2n) is 6.44. The Hall–Kier alpha value is -2.12. The molecule has 0 heterocycles. The zero-order chi connectivity index (χ0) is 19.0. The van der Waals surface area contributed by atoms with Crippen LogP contribution in [0.25, 0.3) is 0 Å². The number of aliphatic hydroxyl groups is 1. The van der Waals surface area contributed by atoms with Crippen molar-refractivity contribution >= 4 is 12.1 Å². The minimum absolute atomic E-state index is 0.364. The third-order valence-electron chi connectivity index (χ3n) is 3.07. The van der Waals surface area contributed by atoms with Crippen molar-refractivity contribution in [3.8, 4) is 0 Å². The van der Waals surface area contributed by atoms with Crippen molar-refractivity contribution < 1.29 is 28.9 Å². The fraction of sp³-hybridized carbons (Fsp3) is 0.556. The van der Waals surface area contributed by atoms with Crippen molar-refractivity contribution in [2.45, 2.75) is 58.7 Å². The molecule has 0 aliphatic heterocycles. The van der Waals surface area contributed by atoms with Crippen molar-refractivity contribution in [2.24, 2.45) is 0 Å². The average Bonchev–Trinajstić information content (AvgIpc) is 2.51. The number of alkyl carbamates (subject to hydrolysis) is 1. The Labute approximate surface area is 148 Å². The first-order valence-electron chi connectivity index (χ1n) is 8.18. The third-order valence-corrected chi connectivity index (χ3v) is 3.07. The van der Waals surface area contributed by atoms with E-state index in [0.717, 1.165) is 0 Å². The third kappa shape index (κ3) is 7.53. The number of carbonyl (C=O) groups is 2. The van der Waals surface area contributed by atoms with Gasteiger partial charge >= 0.3 is 12.1 Å². The van der Waals surface area contributed by atoms with Gasteiger partial charge in [-0.3, -0.25) is 0 Å². The van der Waals surface area contributed by atoms with Crippen LogP contribution in [0.2, 0.25) is 0 Å². The largest absolute Gasteiger partial charge is 0.444 e. The molecule has 0 spiro atoms. The SMILES string of the molecule is CCOC(C)OC(=O)[C@H](O)[C@@H](NC(=O)OC(C)(C)C)c1ccccc1. The molecule has 0 aromatic heterocycles. The molecule has 0 fully saturated rings. The first-order chi connectivity index (χ1) is 11.6. The Morgan fingerprint density at radius 2 is 1.80 bits per heavy atom. The average molecular weight is 353 g/mol. The lowest BCUT2D eigenvalue weighted by atomic mass is 10.0. The molecular weight excluding hydrogens is 326 g/mol. The molecule has 7 nitrogen and oxygen atoms in total. The van der Waals surface area contributed by atoms with Gasteiger partial charge < -0.3 is 24.6 Å². The maximum atomic E-state index is 12.2. The van der Waals surface area contributed by atoms with Gasteiger partial charge in [-0.05, 0) is 40.2 Å². The van der Waals surface area contributed by atoms with E-state index in [1.54, 1.807) is 65.0 Å². The summed E-state index contributed by atoms with van der Waals surface area (Å²) in [6.45, 7) is 8.84. The highest BCUT2D eigenvalue weighted by molar-refractivity contribution is 5.77. The normalized spacial score (nSPS) is 15.0. The summed E-state index contributed by atoms with van der Waals surface area (Å²) in [7, 11) is 0. The van der Waals surface area contributed by atoms with Crippen molar-refractivity contribution in [3.63, 3.8) is 0 Å². The highest BCUT2D eigenvalue weighted by Crippen LogP contribution is 2.20. The molecule has 0 bridgehead atoms. The van der Waals surface area contributed by atoms with Crippen LogP contribution in [0.5, 0.6) is 0 Å². The maximum absolute atomic E-state index is 12.2. The number of esters is 1. The molecule has 1 unspecified atom stereocenters. The number of ether oxygens (including phenoxy) is 3. The number of rotatable bonds is 7. The lowest BCUT2D eigenvalue weighted by Crippen LogP contribution is -2.43. The molecule has 0 aliphatic rings. The monoisotopic (exact) mass is 353 g/mol. The smallest absolute Gasteiger partial charge is 0.408 e. The molecule has 1 aromatic rings. The van der Waals surface area contributed by atoms with Crippen molar-refractivity contribution in [1.29, 1.82) is 0 Å². The number of benzene rings is 1. The summed E-state index contributed by atoms with van der Waals surface area (Å²) < 4.78 is 15.4. The highest BCUT2D eigenvalue weighted by atomic mass is 16.7. The summed E-state index contributed by atoms with van der Waals surface area (Å²) in [5.41, 5.74) is -0.165. The van der Waals surface area contributed by atoms with E-state index in [4.69, 9.17) is 14.2 Å². The van der Waals surface area contributed by atoms with E-state index >= 15 is 0 Å². The van der Waals surface area contributed by atoms with Crippen LogP contribution >= 0.6 is 0 Å². The van der Waals surface area contributed by atoms with Gasteiger partial charge in [0.25, 0.3) is 0 Å². The van der Waals surface area contributed by atoms with E-state index in [-0.39, 0.29) is 0 Å². The first-order valence-corrected chi connectivity index (χ1v) is 8.18. The molecule has 25 heavy (non-hydrogen) atoms. The molecule has 2 N–H and O–H groups in total. The zero-order valence-corrected chi connectivity index (χ0v) is 15.3. The summed E-state index contributed by atoms with van der Waals surface area (Å²) in [5, 5.41) is 12.9. The fourth-order valence-electron chi connectivity index (χ4n) is 2.08. The standard InChI is InChI=1S/C18H27NO6/c1-6-23-12(2)24-16(21)15(20)14(13-10-8-7-9-11-13)19-17(22)25-18(3,4)5/h7-12,14-15,20H,6H2,1-5H3,(H,19,22)/t12?,14-,15+/m0/s1. The van der Waals surface area contributed by atoms with Gasteiger partial charge in [0.15, 0.2) is 12.4 Å². The van der Waals surface area contributed by atoms with Gasteiger partial charge in [-0.15, -0.1) is 0 Å². The van der Waals surface area contributed by atoms with Gasteiger partial charge in [0, 0.05) is 6.61 Å². The Bertz CT molecular complexity index is 554. The van der Waals surface area contributed by atoms with Crippen molar-refractivity contribution in [1.82, 2.24) is 5.32 Å². The lowest BCUT2D eigenvalue weighted by Gasteiger charge is -2.26. The molecule has 1 amide bonds. The fourth-order valence-corrected chi connectivity index (χ4v) is 2.08. The topological polar surface area (TPSA) is 94.1 Å². The van der Waals surface area contributed by atoms with Crippen LogP contribution in [0.4, 0.5) is 4.79 Å². The second-order valence-corrected chi connectivity index (χ2v) is 6.44. The van der Waals surface area contributed by atoms with Crippen LogP contribution in [0.15, 0.2) is 30.3 Å². The highest BCUT2D eigenvalue weighted by Gasteiger charge is 2.32. The number of hydrogen-bond acceptors (Lipinski definition) is 6. The van der Waals surface area contributed by atoms with Crippen LogP contribution in [0.1, 0.15) is 46.2 Å². The number of carbonyl (C=O) groups excluding carboxylic acids is 2. The van der Waals surface area contributed by atoms with E-state index in [0.29, 0.717) is 12.2 Å². The van der Waals surface area contributed by atoms with Crippen molar-refractivity contribution in [2.75, 3.05) is 6.61 Å². The van der Waals surface area contributed by atoms with Gasteiger partial charge in [-0.2, -0.15) is 0 Å². The first kappa shape index (κ1) is 20.9. The Morgan fingerprint density at radius 3 is 2.32 bits per heavy atom. The lowest BCUT2D eigenvalue weighted by molar-refractivity contribution is -0.184. The Kier molecular flexibility index (Phi) is 7.86. The van der Waals surface area contributed by atoms with Gasteiger partial charge in [-0.25, -0.2) is 9.59 Å². The summed E-state index contributed by atoms with van der Waals surface area (Å²) in [5.74, 6) is -0.897. The van der Waals surface area contributed by atoms with E-state index in [1.807, 2.05) is 0 Å². The Balaban J connectivity index is 2.91. The molecular formula is C18H27NO6. The van der Waals surface area contributed by atoms with Gasteiger partial charge in [0.05, 0.1) is 6.04 Å². The number of amides is 1. The predicted molar refractivity (Wildman–Crippen MR) is 91.7 cm³/mol. The van der Waals surface area contributed by atoms with Crippen LogP contribution in [-0.4, -0.2) is 41.8 Å². The summed E-state index contributed by atoms with van der Waals surface area (Å²) in [4.78, 5) is 24.2. The predicted octanol–water partition coefficient (Wildman–Crippen LogP) is 2.54. The van der Waals surface area contributed by atoms with Crippen LogP contribution < -0.4 is 5.32 Å². The van der Waals surface area contributed by atoms with E-state index in [9.17, 15) is 14.7 Å². The molecule has 1 aromatic carbocycles. The minimum atomic E-state index is -1.61. The quantitative estimate of drug-likeness (QED) is 0.578. The number of aliphatic hydroxyl groups excluding tert-OH is 1. The van der Waals surface area contributed by atoms with Gasteiger partial charge in [-0.1, -0.05) is 30.3 Å². The number of hydrogen-bond donors (Lipinski definition) is 2. The van der Waals surface area contributed by atoms with E-state index in [2.05, 4.69) is 5.32 Å². The molecule has 0 saturated carbocycles. The minimum Gasteiger partial charge on any atom is -0.444 e. The molecule has 1 rings (SSSR count). The molecule has 0 radical (unpaired) electrons. The summed E-state index contributed by atoms with van der Waals surface area (Å²) in [6, 6.07) is 7.61. The van der Waals surface area contributed by atoms with Gasteiger partial charge in [0.2, 0.25) is 0 Å². The second kappa shape index (κ2) is 9.39. The molecule has 140 valence electrons. The summed E-state index contributed by atoms with van der Waals surface area (Å²) in [6.07, 6.45) is -3.16. The van der Waals surface area contributed by atoms with Crippen molar-refractivity contribution in [3.05, 3.63) is 35.9 Å². The zero-order valence-electron chi connectivity index (χ0n) is 15.3. The molecule has 7 heteroatoms. The summed E-state index contributed by atoms with van der Waals surface area (Å²) >= 11 is 0. The van der Waals surface area contributed by atoms with Crippen LogP contribution in [0, 0.1) is 0 Å². The van der Waals surface area contributed by atoms with E-state index in [1.165, 1.54) is 0 Å². The van der Waals surface area contributed by atoms with Gasteiger partial charge in [0.1, 0.15) is 5.60 Å². The molecule has 3 atom stereocenters. The molecule has 0 aliphatic carbocycles.